The van der Waals surface area contributed by atoms with E-state index in [9.17, 15) is 14.4 Å². The van der Waals surface area contributed by atoms with Crippen LogP contribution in [0.25, 0.3) is 0 Å². The predicted molar refractivity (Wildman–Crippen MR) is 88.5 cm³/mol. The fraction of sp³-hybridized carbons (Fsp3) is 0.294. The van der Waals surface area contributed by atoms with E-state index in [1.807, 2.05) is 60.7 Å². The summed E-state index contributed by atoms with van der Waals surface area (Å²) in [6, 6.07) is 18.6. The van der Waals surface area contributed by atoms with Crippen LogP contribution in [0.15, 0.2) is 60.7 Å². The number of rotatable bonds is 5. The maximum atomic E-state index is 12.3. The SMILES string of the molecule is CC(C)[C@](N)(C(c1ccccc1)c1ccccc1)P(=O)(O)O. The van der Waals surface area contributed by atoms with E-state index < -0.39 is 24.7 Å². The van der Waals surface area contributed by atoms with Crippen molar-refractivity contribution in [2.75, 3.05) is 0 Å². The van der Waals surface area contributed by atoms with Crippen LogP contribution < -0.4 is 5.73 Å². The Balaban J connectivity index is 2.71. The van der Waals surface area contributed by atoms with Crippen molar-refractivity contribution >= 4 is 7.60 Å². The molecule has 118 valence electrons. The van der Waals surface area contributed by atoms with E-state index in [1.165, 1.54) is 0 Å². The van der Waals surface area contributed by atoms with E-state index in [2.05, 4.69) is 0 Å². The van der Waals surface area contributed by atoms with Gasteiger partial charge < -0.3 is 15.5 Å². The summed E-state index contributed by atoms with van der Waals surface area (Å²) in [4.78, 5) is 20.0. The minimum atomic E-state index is -4.55. The van der Waals surface area contributed by atoms with Crippen molar-refractivity contribution in [3.8, 4) is 0 Å². The van der Waals surface area contributed by atoms with E-state index in [1.54, 1.807) is 13.8 Å². The van der Waals surface area contributed by atoms with Crippen LogP contribution in [0.5, 0.6) is 0 Å². The monoisotopic (exact) mass is 319 g/mol. The second kappa shape index (κ2) is 6.35. The number of nitrogens with two attached hydrogens (primary N) is 1. The molecule has 0 aliphatic rings. The molecule has 2 aromatic rings. The first-order valence-corrected chi connectivity index (χ1v) is 8.84. The molecule has 0 radical (unpaired) electrons. The lowest BCUT2D eigenvalue weighted by molar-refractivity contribution is 0.271. The van der Waals surface area contributed by atoms with Crippen LogP contribution in [0.4, 0.5) is 0 Å². The lowest BCUT2D eigenvalue weighted by Gasteiger charge is -2.41. The second-order valence-electron chi connectivity index (χ2n) is 5.84. The summed E-state index contributed by atoms with van der Waals surface area (Å²) >= 11 is 0. The van der Waals surface area contributed by atoms with Crippen LogP contribution in [0, 0.1) is 5.92 Å². The Morgan fingerprint density at radius 1 is 0.909 bits per heavy atom. The van der Waals surface area contributed by atoms with Gasteiger partial charge in [-0.05, 0) is 17.0 Å². The first-order chi connectivity index (χ1) is 10.3. The van der Waals surface area contributed by atoms with Gasteiger partial charge in [0.15, 0.2) is 0 Å². The molecule has 0 aliphatic carbocycles. The van der Waals surface area contributed by atoms with Gasteiger partial charge in [0.05, 0.1) is 0 Å². The molecular weight excluding hydrogens is 297 g/mol. The number of hydrogen-bond donors (Lipinski definition) is 3. The summed E-state index contributed by atoms with van der Waals surface area (Å²) in [5, 5.41) is -1.67. The molecular formula is C17H22NO3P. The standard InChI is InChI=1S/C17H22NO3P/c1-13(2)17(18,22(19,20)21)16(14-9-5-3-6-10-14)15-11-7-4-8-12-15/h3-13,16H,18H2,1-2H3,(H2,19,20,21)/t17-/m1/s1. The Morgan fingerprint density at radius 3 is 1.55 bits per heavy atom. The quantitative estimate of drug-likeness (QED) is 0.738. The summed E-state index contributed by atoms with van der Waals surface area (Å²) < 4.78 is 12.3. The van der Waals surface area contributed by atoms with Gasteiger partial charge in [-0.1, -0.05) is 74.5 Å². The van der Waals surface area contributed by atoms with Crippen molar-refractivity contribution in [1.29, 1.82) is 0 Å². The lowest BCUT2D eigenvalue weighted by atomic mass is 9.80. The molecule has 0 fully saturated rings. The van der Waals surface area contributed by atoms with Crippen molar-refractivity contribution in [2.24, 2.45) is 11.7 Å². The van der Waals surface area contributed by atoms with Gasteiger partial charge in [0.1, 0.15) is 5.28 Å². The van der Waals surface area contributed by atoms with Crippen molar-refractivity contribution in [3.05, 3.63) is 71.8 Å². The smallest absolute Gasteiger partial charge is 0.323 e. The highest BCUT2D eigenvalue weighted by molar-refractivity contribution is 7.53. The molecule has 0 heterocycles. The molecule has 0 aromatic heterocycles. The second-order valence-corrected chi connectivity index (χ2v) is 7.70. The van der Waals surface area contributed by atoms with Gasteiger partial charge in [0.25, 0.3) is 0 Å². The first-order valence-electron chi connectivity index (χ1n) is 7.23. The first kappa shape index (κ1) is 16.9. The summed E-state index contributed by atoms with van der Waals surface area (Å²) in [6.07, 6.45) is 0. The molecule has 0 unspecified atom stereocenters. The Kier molecular flexibility index (Phi) is 4.88. The fourth-order valence-electron chi connectivity index (χ4n) is 2.86. The van der Waals surface area contributed by atoms with E-state index in [-0.39, 0.29) is 0 Å². The molecule has 0 bridgehead atoms. The molecule has 4 N–H and O–H groups in total. The third kappa shape index (κ3) is 3.01. The molecule has 0 saturated heterocycles. The summed E-state index contributed by atoms with van der Waals surface area (Å²) in [6.45, 7) is 3.50. The van der Waals surface area contributed by atoms with Gasteiger partial charge in [-0.15, -0.1) is 0 Å². The van der Waals surface area contributed by atoms with Crippen LogP contribution in [-0.4, -0.2) is 15.1 Å². The maximum Gasteiger partial charge on any atom is 0.346 e. The zero-order chi connectivity index (χ0) is 16.4. The Morgan fingerprint density at radius 2 is 1.27 bits per heavy atom. The van der Waals surface area contributed by atoms with E-state index >= 15 is 0 Å². The third-order valence-corrected chi connectivity index (χ3v) is 5.94. The van der Waals surface area contributed by atoms with Gasteiger partial charge in [0.2, 0.25) is 0 Å². The summed E-state index contributed by atoms with van der Waals surface area (Å²) in [5.41, 5.74) is 7.96. The predicted octanol–water partition coefficient (Wildman–Crippen LogP) is 3.31. The Labute approximate surface area is 131 Å². The molecule has 4 nitrogen and oxygen atoms in total. The normalized spacial score (nSPS) is 15.0. The zero-order valence-corrected chi connectivity index (χ0v) is 13.6. The average molecular weight is 319 g/mol. The molecule has 0 amide bonds. The minimum Gasteiger partial charge on any atom is -0.323 e. The van der Waals surface area contributed by atoms with E-state index in [0.29, 0.717) is 0 Å². The van der Waals surface area contributed by atoms with Gasteiger partial charge in [0, 0.05) is 5.92 Å². The minimum absolute atomic E-state index is 0.404. The van der Waals surface area contributed by atoms with Crippen molar-refractivity contribution in [3.63, 3.8) is 0 Å². The molecule has 1 atom stereocenters. The molecule has 0 spiro atoms. The molecule has 2 aromatic carbocycles. The molecule has 0 saturated carbocycles. The van der Waals surface area contributed by atoms with Crippen molar-refractivity contribution < 1.29 is 14.4 Å². The molecule has 0 aliphatic heterocycles. The Hall–Kier alpha value is -1.45. The topological polar surface area (TPSA) is 83.6 Å². The van der Waals surface area contributed by atoms with Crippen LogP contribution in [-0.2, 0) is 4.57 Å². The largest absolute Gasteiger partial charge is 0.346 e. The van der Waals surface area contributed by atoms with Crippen LogP contribution in [0.1, 0.15) is 30.9 Å². The fourth-order valence-corrected chi connectivity index (χ4v) is 4.16. The van der Waals surface area contributed by atoms with Gasteiger partial charge in [-0.3, -0.25) is 4.57 Å². The number of hydrogen-bond acceptors (Lipinski definition) is 2. The molecule has 22 heavy (non-hydrogen) atoms. The Bertz CT molecular complexity index is 615. The molecule has 5 heteroatoms. The van der Waals surface area contributed by atoms with Gasteiger partial charge in [-0.2, -0.15) is 0 Å². The highest BCUT2D eigenvalue weighted by Crippen LogP contribution is 2.59. The maximum absolute atomic E-state index is 12.3. The van der Waals surface area contributed by atoms with E-state index in [4.69, 9.17) is 5.73 Å². The zero-order valence-electron chi connectivity index (χ0n) is 12.8. The van der Waals surface area contributed by atoms with Crippen LogP contribution in [0.2, 0.25) is 0 Å². The van der Waals surface area contributed by atoms with Crippen LogP contribution >= 0.6 is 7.60 Å². The van der Waals surface area contributed by atoms with E-state index in [0.717, 1.165) is 11.1 Å². The summed E-state index contributed by atoms with van der Waals surface area (Å²) in [7, 11) is -4.55. The van der Waals surface area contributed by atoms with Gasteiger partial charge in [-0.25, -0.2) is 0 Å². The highest BCUT2D eigenvalue weighted by atomic mass is 31.2. The number of benzene rings is 2. The summed E-state index contributed by atoms with van der Waals surface area (Å²) in [5.74, 6) is -0.991. The van der Waals surface area contributed by atoms with Crippen molar-refractivity contribution in [2.45, 2.75) is 25.0 Å². The van der Waals surface area contributed by atoms with Crippen molar-refractivity contribution in [1.82, 2.24) is 0 Å². The lowest BCUT2D eigenvalue weighted by Crippen LogP contribution is -2.50. The van der Waals surface area contributed by atoms with Gasteiger partial charge >= 0.3 is 7.60 Å². The van der Waals surface area contributed by atoms with Crippen LogP contribution in [0.3, 0.4) is 0 Å². The molecule has 2 rings (SSSR count). The third-order valence-electron chi connectivity index (χ3n) is 4.16. The highest BCUT2D eigenvalue weighted by Gasteiger charge is 2.53. The average Bonchev–Trinajstić information content (AvgIpc) is 2.48.